The number of rotatable bonds is 2. The van der Waals surface area contributed by atoms with Gasteiger partial charge in [0.1, 0.15) is 0 Å². The minimum Gasteiger partial charge on any atom is -0.342 e. The van der Waals surface area contributed by atoms with Crippen molar-refractivity contribution in [3.8, 4) is 0 Å². The largest absolute Gasteiger partial charge is 0.342 e. The molecule has 1 N–H and O–H groups in total. The van der Waals surface area contributed by atoms with E-state index in [1.54, 1.807) is 0 Å². The molecule has 2 heterocycles. The maximum absolute atomic E-state index is 12.9. The summed E-state index contributed by atoms with van der Waals surface area (Å²) < 4.78 is 0. The lowest BCUT2D eigenvalue weighted by Gasteiger charge is -2.39. The lowest BCUT2D eigenvalue weighted by atomic mass is 9.78. The van der Waals surface area contributed by atoms with E-state index in [-0.39, 0.29) is 5.92 Å². The summed E-state index contributed by atoms with van der Waals surface area (Å²) in [6.45, 7) is 4.22. The van der Waals surface area contributed by atoms with Gasteiger partial charge in [0.2, 0.25) is 5.91 Å². The molecule has 2 unspecified atom stereocenters. The molecular formula is C22H26N2O. The van der Waals surface area contributed by atoms with E-state index in [0.29, 0.717) is 17.2 Å². The zero-order valence-corrected chi connectivity index (χ0v) is 14.7. The monoisotopic (exact) mass is 334 g/mol. The normalized spacial score (nSPS) is 27.8. The van der Waals surface area contributed by atoms with Gasteiger partial charge < -0.3 is 10.2 Å². The predicted molar refractivity (Wildman–Crippen MR) is 101 cm³/mol. The molecule has 0 bridgehead atoms. The fourth-order valence-corrected chi connectivity index (χ4v) is 4.93. The Kier molecular flexibility index (Phi) is 3.60. The van der Waals surface area contributed by atoms with Crippen LogP contribution in [0.3, 0.4) is 0 Å². The Morgan fingerprint density at radius 2 is 1.84 bits per heavy atom. The molecule has 1 aliphatic carbocycles. The van der Waals surface area contributed by atoms with E-state index in [1.807, 2.05) is 0 Å². The second kappa shape index (κ2) is 5.84. The van der Waals surface area contributed by atoms with Crippen molar-refractivity contribution in [1.82, 2.24) is 10.2 Å². The summed E-state index contributed by atoms with van der Waals surface area (Å²) in [6, 6.07) is 15.2. The van der Waals surface area contributed by atoms with Crippen LogP contribution in [0.2, 0.25) is 0 Å². The highest BCUT2D eigenvalue weighted by Crippen LogP contribution is 2.49. The molecule has 2 aliphatic heterocycles. The number of nitrogens with one attached hydrogen (secondary N) is 1. The van der Waals surface area contributed by atoms with Gasteiger partial charge in [0, 0.05) is 25.6 Å². The number of hydrogen-bond donors (Lipinski definition) is 1. The van der Waals surface area contributed by atoms with E-state index in [4.69, 9.17) is 0 Å². The number of piperidine rings is 1. The van der Waals surface area contributed by atoms with Crippen molar-refractivity contribution in [3.05, 3.63) is 48.0 Å². The van der Waals surface area contributed by atoms with Crippen LogP contribution in [0.15, 0.2) is 42.5 Å². The van der Waals surface area contributed by atoms with Crippen LogP contribution in [0.25, 0.3) is 10.8 Å². The van der Waals surface area contributed by atoms with Crippen molar-refractivity contribution in [2.24, 2.45) is 11.3 Å². The first-order chi connectivity index (χ1) is 12.2. The summed E-state index contributed by atoms with van der Waals surface area (Å²) in [5.41, 5.74) is 1.82. The maximum atomic E-state index is 12.9. The number of benzene rings is 2. The van der Waals surface area contributed by atoms with Crippen LogP contribution in [0.5, 0.6) is 0 Å². The lowest BCUT2D eigenvalue weighted by Crippen LogP contribution is -2.44. The summed E-state index contributed by atoms with van der Waals surface area (Å²) >= 11 is 0. The average Bonchev–Trinajstić information content (AvgIpc) is 3.35. The van der Waals surface area contributed by atoms with E-state index >= 15 is 0 Å². The van der Waals surface area contributed by atoms with Crippen LogP contribution in [0.1, 0.15) is 37.2 Å². The molecule has 3 nitrogen and oxygen atoms in total. The zero-order valence-electron chi connectivity index (χ0n) is 14.7. The molecule has 0 aromatic heterocycles. The SMILES string of the molecule is O=C(C1CC1c1ccc2ccccc2c1)N1CCC2(CCNC2)CC1. The van der Waals surface area contributed by atoms with Crippen molar-refractivity contribution in [3.63, 3.8) is 0 Å². The van der Waals surface area contributed by atoms with Gasteiger partial charge in [0.05, 0.1) is 0 Å². The van der Waals surface area contributed by atoms with E-state index < -0.39 is 0 Å². The molecule has 3 aliphatic rings. The van der Waals surface area contributed by atoms with Gasteiger partial charge in [-0.3, -0.25) is 4.79 Å². The molecular weight excluding hydrogens is 308 g/mol. The van der Waals surface area contributed by atoms with Crippen LogP contribution >= 0.6 is 0 Å². The van der Waals surface area contributed by atoms with Gasteiger partial charge in [-0.25, -0.2) is 0 Å². The molecule has 2 aromatic rings. The number of nitrogens with zero attached hydrogens (tertiary/aromatic N) is 1. The van der Waals surface area contributed by atoms with Crippen LogP contribution in [0, 0.1) is 11.3 Å². The highest BCUT2D eigenvalue weighted by atomic mass is 16.2. The summed E-state index contributed by atoms with van der Waals surface area (Å²) in [5, 5.41) is 6.06. The number of fused-ring (bicyclic) bond motifs is 1. The third kappa shape index (κ3) is 2.75. The first kappa shape index (κ1) is 15.4. The number of carbonyl (C=O) groups is 1. The smallest absolute Gasteiger partial charge is 0.226 e. The summed E-state index contributed by atoms with van der Waals surface area (Å²) in [6.07, 6.45) is 4.68. The minimum atomic E-state index is 0.219. The second-order valence-corrected chi connectivity index (χ2v) is 8.31. The number of likely N-dealkylation sites (tertiary alicyclic amines) is 1. The molecule has 3 fully saturated rings. The predicted octanol–water partition coefficient (Wildman–Crippen LogP) is 3.55. The Bertz CT molecular complexity index is 799. The van der Waals surface area contributed by atoms with Gasteiger partial charge in [0.25, 0.3) is 0 Å². The molecule has 1 amide bonds. The van der Waals surface area contributed by atoms with Gasteiger partial charge >= 0.3 is 0 Å². The minimum absolute atomic E-state index is 0.219. The molecule has 5 rings (SSSR count). The maximum Gasteiger partial charge on any atom is 0.226 e. The Balaban J connectivity index is 1.25. The fourth-order valence-electron chi connectivity index (χ4n) is 4.93. The third-order valence-corrected chi connectivity index (χ3v) is 6.78. The topological polar surface area (TPSA) is 32.3 Å². The van der Waals surface area contributed by atoms with Crippen molar-refractivity contribution >= 4 is 16.7 Å². The van der Waals surface area contributed by atoms with Crippen LogP contribution in [-0.2, 0) is 4.79 Å². The number of carbonyl (C=O) groups excluding carboxylic acids is 1. The lowest BCUT2D eigenvalue weighted by molar-refractivity contribution is -0.134. The average molecular weight is 334 g/mol. The van der Waals surface area contributed by atoms with Gasteiger partial charge in [-0.15, -0.1) is 0 Å². The standard InChI is InChI=1S/C22H26N2O/c25-21(24-11-8-22(9-12-24)7-10-23-15-22)20-14-19(20)18-6-5-16-3-1-2-4-17(16)13-18/h1-6,13,19-20,23H,7-12,14-15H2. The molecule has 2 aromatic carbocycles. The van der Waals surface area contributed by atoms with E-state index in [1.165, 1.54) is 35.6 Å². The Morgan fingerprint density at radius 3 is 2.60 bits per heavy atom. The third-order valence-electron chi connectivity index (χ3n) is 6.78. The zero-order chi connectivity index (χ0) is 16.9. The Morgan fingerprint density at radius 1 is 1.04 bits per heavy atom. The van der Waals surface area contributed by atoms with Gasteiger partial charge in [-0.1, -0.05) is 42.5 Å². The molecule has 1 saturated carbocycles. The first-order valence-electron chi connectivity index (χ1n) is 9.72. The summed E-state index contributed by atoms with van der Waals surface area (Å²) in [5.74, 6) is 1.05. The molecule has 2 saturated heterocycles. The molecule has 1 spiro atoms. The first-order valence-corrected chi connectivity index (χ1v) is 9.72. The van der Waals surface area contributed by atoms with Crippen molar-refractivity contribution < 1.29 is 4.79 Å². The van der Waals surface area contributed by atoms with Gasteiger partial charge in [0.15, 0.2) is 0 Å². The summed E-state index contributed by atoms with van der Waals surface area (Å²) in [4.78, 5) is 15.1. The Hall–Kier alpha value is -1.87. The van der Waals surface area contributed by atoms with Crippen LogP contribution in [-0.4, -0.2) is 37.0 Å². The quantitative estimate of drug-likeness (QED) is 0.911. The van der Waals surface area contributed by atoms with Crippen molar-refractivity contribution in [2.45, 2.75) is 31.6 Å². The number of amides is 1. The van der Waals surface area contributed by atoms with E-state index in [2.05, 4.69) is 52.7 Å². The van der Waals surface area contributed by atoms with Gasteiger partial charge in [-0.2, -0.15) is 0 Å². The highest BCUT2D eigenvalue weighted by molar-refractivity contribution is 5.86. The number of hydrogen-bond acceptors (Lipinski definition) is 2. The Labute approximate surface area is 149 Å². The van der Waals surface area contributed by atoms with Gasteiger partial charge in [-0.05, 0) is 59.9 Å². The van der Waals surface area contributed by atoms with E-state index in [0.717, 1.165) is 32.6 Å². The second-order valence-electron chi connectivity index (χ2n) is 8.31. The van der Waals surface area contributed by atoms with Crippen LogP contribution in [0.4, 0.5) is 0 Å². The van der Waals surface area contributed by atoms with Crippen molar-refractivity contribution in [1.29, 1.82) is 0 Å². The van der Waals surface area contributed by atoms with Crippen molar-refractivity contribution in [2.75, 3.05) is 26.2 Å². The molecule has 3 heteroatoms. The molecule has 25 heavy (non-hydrogen) atoms. The molecule has 0 radical (unpaired) electrons. The molecule has 130 valence electrons. The molecule has 2 atom stereocenters. The highest BCUT2D eigenvalue weighted by Gasteiger charge is 2.47. The fraction of sp³-hybridized carbons (Fsp3) is 0.500. The van der Waals surface area contributed by atoms with E-state index in [9.17, 15) is 4.79 Å². The van der Waals surface area contributed by atoms with Crippen LogP contribution < -0.4 is 5.32 Å². The summed E-state index contributed by atoms with van der Waals surface area (Å²) in [7, 11) is 0.